The first-order valence-electron chi connectivity index (χ1n) is 7.43. The maximum atomic E-state index is 11.9. The molecule has 2 atom stereocenters. The first-order chi connectivity index (χ1) is 11.2. The maximum absolute atomic E-state index is 11.9. The van der Waals surface area contributed by atoms with Crippen molar-refractivity contribution < 1.29 is 14.1 Å². The number of methoxy groups -OCH3 is 1. The molecule has 3 heterocycles. The molecule has 23 heavy (non-hydrogen) atoms. The van der Waals surface area contributed by atoms with Crippen molar-refractivity contribution in [3.8, 4) is 0 Å². The van der Waals surface area contributed by atoms with Crippen molar-refractivity contribution in [2.24, 2.45) is 0 Å². The first kappa shape index (κ1) is 15.6. The third-order valence-electron chi connectivity index (χ3n) is 4.01. The zero-order chi connectivity index (χ0) is 16.2. The number of carbonyl (C=O) groups is 1. The minimum atomic E-state index is -0.134. The van der Waals surface area contributed by atoms with Crippen LogP contribution in [0.1, 0.15) is 17.3 Å². The standard InChI is InChI=1S/C14H20N6O3/c1-10-11(8-23-17-10)5-19-6-12(16-14(21)9-22-2)13(7-19)20-4-3-15-18-20/h3-4,8,12-13H,5-7,9H2,1-2H3,(H,16,21)/t12-,13+/m1/s1. The fourth-order valence-corrected chi connectivity index (χ4v) is 2.88. The highest BCUT2D eigenvalue weighted by atomic mass is 16.5. The summed E-state index contributed by atoms with van der Waals surface area (Å²) in [6, 6.07) is -0.0296. The van der Waals surface area contributed by atoms with Crippen molar-refractivity contribution in [3.63, 3.8) is 0 Å². The van der Waals surface area contributed by atoms with Gasteiger partial charge in [0.15, 0.2) is 0 Å². The SMILES string of the molecule is COCC(=O)N[C@@H]1CN(Cc2conc2C)C[C@@H]1n1ccnn1. The van der Waals surface area contributed by atoms with Crippen LogP contribution in [0.2, 0.25) is 0 Å². The molecule has 0 saturated carbocycles. The van der Waals surface area contributed by atoms with E-state index < -0.39 is 0 Å². The molecule has 1 saturated heterocycles. The predicted octanol–water partition coefficient (Wildman–Crippen LogP) is -0.237. The number of hydrogen-bond donors (Lipinski definition) is 1. The van der Waals surface area contributed by atoms with Crippen molar-refractivity contribution in [1.82, 2.24) is 30.4 Å². The molecule has 124 valence electrons. The number of aryl methyl sites for hydroxylation is 1. The molecule has 2 aromatic rings. The molecule has 0 aliphatic carbocycles. The average Bonchev–Trinajstić information content (AvgIpc) is 3.22. The van der Waals surface area contributed by atoms with Gasteiger partial charge in [0.1, 0.15) is 12.9 Å². The van der Waals surface area contributed by atoms with E-state index in [0.29, 0.717) is 6.54 Å². The van der Waals surface area contributed by atoms with E-state index in [1.54, 1.807) is 17.1 Å². The van der Waals surface area contributed by atoms with Gasteiger partial charge in [-0.3, -0.25) is 9.69 Å². The molecule has 1 fully saturated rings. The lowest BCUT2D eigenvalue weighted by molar-refractivity contribution is -0.125. The van der Waals surface area contributed by atoms with E-state index in [1.807, 2.05) is 13.1 Å². The van der Waals surface area contributed by atoms with Crippen LogP contribution in [0.3, 0.4) is 0 Å². The van der Waals surface area contributed by atoms with Crippen LogP contribution in [-0.2, 0) is 16.1 Å². The number of carbonyl (C=O) groups excluding carboxylic acids is 1. The molecule has 9 heteroatoms. The van der Waals surface area contributed by atoms with Crippen molar-refractivity contribution in [2.45, 2.75) is 25.6 Å². The monoisotopic (exact) mass is 320 g/mol. The van der Waals surface area contributed by atoms with E-state index >= 15 is 0 Å². The summed E-state index contributed by atoms with van der Waals surface area (Å²) in [4.78, 5) is 14.1. The number of likely N-dealkylation sites (tertiary alicyclic amines) is 1. The molecular weight excluding hydrogens is 300 g/mol. The van der Waals surface area contributed by atoms with Crippen LogP contribution >= 0.6 is 0 Å². The van der Waals surface area contributed by atoms with Crippen LogP contribution in [-0.4, -0.2) is 63.8 Å². The molecule has 3 rings (SSSR count). The highest BCUT2D eigenvalue weighted by Crippen LogP contribution is 2.23. The van der Waals surface area contributed by atoms with Gasteiger partial charge < -0.3 is 14.6 Å². The van der Waals surface area contributed by atoms with Crippen LogP contribution in [0.4, 0.5) is 0 Å². The number of rotatable bonds is 6. The van der Waals surface area contributed by atoms with Gasteiger partial charge in [-0.15, -0.1) is 5.10 Å². The van der Waals surface area contributed by atoms with Gasteiger partial charge in [-0.1, -0.05) is 10.4 Å². The summed E-state index contributed by atoms with van der Waals surface area (Å²) in [7, 11) is 1.50. The van der Waals surface area contributed by atoms with Crippen molar-refractivity contribution in [1.29, 1.82) is 0 Å². The van der Waals surface area contributed by atoms with E-state index in [1.165, 1.54) is 7.11 Å². The fourth-order valence-electron chi connectivity index (χ4n) is 2.88. The van der Waals surface area contributed by atoms with Gasteiger partial charge in [0.2, 0.25) is 5.91 Å². The normalized spacial score (nSPS) is 21.7. The lowest BCUT2D eigenvalue weighted by Gasteiger charge is -2.19. The molecular formula is C14H20N6O3. The first-order valence-corrected chi connectivity index (χ1v) is 7.43. The second-order valence-electron chi connectivity index (χ2n) is 5.68. The van der Waals surface area contributed by atoms with Gasteiger partial charge in [-0.2, -0.15) is 0 Å². The number of nitrogens with one attached hydrogen (secondary N) is 1. The Morgan fingerprint density at radius 1 is 1.52 bits per heavy atom. The number of nitrogens with zero attached hydrogens (tertiary/aromatic N) is 5. The van der Waals surface area contributed by atoms with Crippen molar-refractivity contribution >= 4 is 5.91 Å². The van der Waals surface area contributed by atoms with Crippen LogP contribution in [0.25, 0.3) is 0 Å². The number of ether oxygens (including phenoxy) is 1. The molecule has 1 N–H and O–H groups in total. The Hall–Kier alpha value is -2.26. The van der Waals surface area contributed by atoms with Crippen LogP contribution in [0.15, 0.2) is 23.2 Å². The molecule has 0 bridgehead atoms. The summed E-state index contributed by atoms with van der Waals surface area (Å²) >= 11 is 0. The number of aromatic nitrogens is 4. The molecule has 0 unspecified atom stereocenters. The highest BCUT2D eigenvalue weighted by molar-refractivity contribution is 5.77. The largest absolute Gasteiger partial charge is 0.375 e. The Labute approximate surface area is 133 Å². The molecule has 0 aromatic carbocycles. The minimum absolute atomic E-state index is 0.0264. The summed E-state index contributed by atoms with van der Waals surface area (Å²) in [6.45, 7) is 4.15. The smallest absolute Gasteiger partial charge is 0.246 e. The van der Waals surface area contributed by atoms with E-state index in [9.17, 15) is 4.79 Å². The number of hydrogen-bond acceptors (Lipinski definition) is 7. The van der Waals surface area contributed by atoms with Crippen LogP contribution in [0, 0.1) is 6.92 Å². The van der Waals surface area contributed by atoms with Gasteiger partial charge >= 0.3 is 0 Å². The summed E-state index contributed by atoms with van der Waals surface area (Å²) in [5, 5.41) is 14.9. The fraction of sp³-hybridized carbons (Fsp3) is 0.571. The Morgan fingerprint density at radius 2 is 2.39 bits per heavy atom. The summed E-state index contributed by atoms with van der Waals surface area (Å²) in [5.74, 6) is -0.134. The van der Waals surface area contributed by atoms with Gasteiger partial charge in [0.05, 0.1) is 24.0 Å². The summed E-state index contributed by atoms with van der Waals surface area (Å²) in [6.07, 6.45) is 5.12. The topological polar surface area (TPSA) is 98.3 Å². The second-order valence-corrected chi connectivity index (χ2v) is 5.68. The predicted molar refractivity (Wildman–Crippen MR) is 79.4 cm³/mol. The third kappa shape index (κ3) is 3.57. The van der Waals surface area contributed by atoms with E-state index in [-0.39, 0.29) is 24.6 Å². The zero-order valence-electron chi connectivity index (χ0n) is 13.2. The number of amides is 1. The zero-order valence-corrected chi connectivity index (χ0v) is 13.2. The van der Waals surface area contributed by atoms with Crippen LogP contribution in [0.5, 0.6) is 0 Å². The Kier molecular flexibility index (Phi) is 4.68. The second kappa shape index (κ2) is 6.88. The van der Waals surface area contributed by atoms with Gasteiger partial charge in [-0.05, 0) is 6.92 Å². The Morgan fingerprint density at radius 3 is 3.04 bits per heavy atom. The Balaban J connectivity index is 1.71. The lowest BCUT2D eigenvalue weighted by atomic mass is 10.2. The van der Waals surface area contributed by atoms with E-state index in [2.05, 4.69) is 25.7 Å². The molecule has 2 aromatic heterocycles. The molecule has 1 aliphatic heterocycles. The lowest BCUT2D eigenvalue weighted by Crippen LogP contribution is -2.43. The molecule has 1 aliphatic rings. The van der Waals surface area contributed by atoms with E-state index in [4.69, 9.17) is 9.26 Å². The molecule has 0 spiro atoms. The summed E-state index contributed by atoms with van der Waals surface area (Å²) in [5.41, 5.74) is 1.93. The van der Waals surface area contributed by atoms with Gasteiger partial charge in [-0.25, -0.2) is 4.68 Å². The Bertz CT molecular complexity index is 641. The average molecular weight is 320 g/mol. The van der Waals surface area contributed by atoms with Crippen molar-refractivity contribution in [2.75, 3.05) is 26.8 Å². The minimum Gasteiger partial charge on any atom is -0.375 e. The molecule has 9 nitrogen and oxygen atoms in total. The van der Waals surface area contributed by atoms with Crippen LogP contribution < -0.4 is 5.32 Å². The van der Waals surface area contributed by atoms with Crippen molar-refractivity contribution in [3.05, 3.63) is 29.9 Å². The van der Waals surface area contributed by atoms with Gasteiger partial charge in [0, 0.05) is 38.5 Å². The van der Waals surface area contributed by atoms with Gasteiger partial charge in [0.25, 0.3) is 0 Å². The van der Waals surface area contributed by atoms with E-state index in [0.717, 1.165) is 24.3 Å². The molecule has 1 amide bonds. The summed E-state index contributed by atoms with van der Waals surface area (Å²) < 4.78 is 11.7. The quantitative estimate of drug-likeness (QED) is 0.784. The third-order valence-corrected chi connectivity index (χ3v) is 4.01. The highest BCUT2D eigenvalue weighted by Gasteiger charge is 2.35. The maximum Gasteiger partial charge on any atom is 0.246 e. The molecule has 0 radical (unpaired) electrons.